The molecular formula is C15H19NO4. The summed E-state index contributed by atoms with van der Waals surface area (Å²) in [5, 5.41) is 11.6. The highest BCUT2D eigenvalue weighted by Gasteiger charge is 2.31. The van der Waals surface area contributed by atoms with Gasteiger partial charge in [0.15, 0.2) is 0 Å². The standard InChI is InChI=1S/C15H19NO4/c1-2-20-13-6-10(7-13)8-14(17)16-12-5-3-4-11(9-12)15(18)19/h3-5,9-10,13H,2,6-8H2,1H3,(H,16,17)(H,18,19). The Labute approximate surface area is 117 Å². The van der Waals surface area contributed by atoms with Crippen LogP contribution in [0.4, 0.5) is 5.69 Å². The smallest absolute Gasteiger partial charge is 0.335 e. The fourth-order valence-electron chi connectivity index (χ4n) is 2.42. The summed E-state index contributed by atoms with van der Waals surface area (Å²) >= 11 is 0. The first-order chi connectivity index (χ1) is 9.58. The molecule has 1 aliphatic rings. The number of aromatic carboxylic acids is 1. The van der Waals surface area contributed by atoms with Crippen molar-refractivity contribution in [2.75, 3.05) is 11.9 Å². The molecule has 1 fully saturated rings. The Morgan fingerprint density at radius 2 is 2.15 bits per heavy atom. The van der Waals surface area contributed by atoms with Crippen LogP contribution < -0.4 is 5.32 Å². The summed E-state index contributed by atoms with van der Waals surface area (Å²) in [5.74, 6) is -0.707. The quantitative estimate of drug-likeness (QED) is 0.837. The van der Waals surface area contributed by atoms with Gasteiger partial charge in [-0.2, -0.15) is 0 Å². The molecule has 1 aromatic carbocycles. The number of carbonyl (C=O) groups excluding carboxylic acids is 1. The summed E-state index contributed by atoms with van der Waals surface area (Å²) in [6, 6.07) is 6.27. The zero-order valence-electron chi connectivity index (χ0n) is 11.5. The number of amides is 1. The molecule has 1 aromatic rings. The largest absolute Gasteiger partial charge is 0.478 e. The van der Waals surface area contributed by atoms with E-state index >= 15 is 0 Å². The minimum atomic E-state index is -1.00. The molecule has 20 heavy (non-hydrogen) atoms. The van der Waals surface area contributed by atoms with E-state index in [0.717, 1.165) is 12.8 Å². The molecule has 5 nitrogen and oxygen atoms in total. The zero-order chi connectivity index (χ0) is 14.5. The van der Waals surface area contributed by atoms with Crippen molar-refractivity contribution in [2.45, 2.75) is 32.3 Å². The van der Waals surface area contributed by atoms with Gasteiger partial charge in [0.25, 0.3) is 0 Å². The first kappa shape index (κ1) is 14.5. The third-order valence-electron chi connectivity index (χ3n) is 3.46. The molecule has 0 radical (unpaired) electrons. The molecule has 1 aliphatic carbocycles. The Morgan fingerprint density at radius 1 is 1.40 bits per heavy atom. The molecule has 0 unspecified atom stereocenters. The lowest BCUT2D eigenvalue weighted by atomic mass is 9.80. The molecule has 0 aromatic heterocycles. The molecule has 5 heteroatoms. The monoisotopic (exact) mass is 277 g/mol. The van der Waals surface area contributed by atoms with Gasteiger partial charge in [-0.15, -0.1) is 0 Å². The number of hydrogen-bond acceptors (Lipinski definition) is 3. The molecule has 0 spiro atoms. The van der Waals surface area contributed by atoms with Gasteiger partial charge in [0.1, 0.15) is 0 Å². The van der Waals surface area contributed by atoms with Crippen molar-refractivity contribution in [3.63, 3.8) is 0 Å². The first-order valence-electron chi connectivity index (χ1n) is 6.83. The highest BCUT2D eigenvalue weighted by atomic mass is 16.5. The van der Waals surface area contributed by atoms with E-state index in [1.807, 2.05) is 6.92 Å². The highest BCUT2D eigenvalue weighted by molar-refractivity contribution is 5.93. The summed E-state index contributed by atoms with van der Waals surface area (Å²) < 4.78 is 5.45. The number of rotatable bonds is 6. The molecule has 0 atom stereocenters. The van der Waals surface area contributed by atoms with E-state index in [0.29, 0.717) is 30.7 Å². The second-order valence-electron chi connectivity index (χ2n) is 5.05. The van der Waals surface area contributed by atoms with Gasteiger partial charge in [-0.25, -0.2) is 4.79 Å². The Bertz CT molecular complexity index is 494. The Kier molecular flexibility index (Phi) is 4.74. The number of hydrogen-bond donors (Lipinski definition) is 2. The van der Waals surface area contributed by atoms with Crippen LogP contribution in [0.2, 0.25) is 0 Å². The molecule has 2 rings (SSSR count). The number of ether oxygens (including phenoxy) is 1. The van der Waals surface area contributed by atoms with Gasteiger partial charge >= 0.3 is 5.97 Å². The van der Waals surface area contributed by atoms with E-state index in [9.17, 15) is 9.59 Å². The molecule has 0 saturated heterocycles. The van der Waals surface area contributed by atoms with Gasteiger partial charge < -0.3 is 15.2 Å². The van der Waals surface area contributed by atoms with Gasteiger partial charge in [0.2, 0.25) is 5.91 Å². The number of benzene rings is 1. The van der Waals surface area contributed by atoms with Crippen molar-refractivity contribution in [3.05, 3.63) is 29.8 Å². The Morgan fingerprint density at radius 3 is 2.80 bits per heavy atom. The summed E-state index contributed by atoms with van der Waals surface area (Å²) in [6.45, 7) is 2.68. The molecule has 0 aliphatic heterocycles. The van der Waals surface area contributed by atoms with Crippen LogP contribution in [0.5, 0.6) is 0 Å². The van der Waals surface area contributed by atoms with E-state index in [1.54, 1.807) is 12.1 Å². The van der Waals surface area contributed by atoms with Gasteiger partial charge in [0.05, 0.1) is 11.7 Å². The number of carboxylic acid groups (broad SMARTS) is 1. The second-order valence-corrected chi connectivity index (χ2v) is 5.05. The zero-order valence-corrected chi connectivity index (χ0v) is 11.5. The molecule has 108 valence electrons. The van der Waals surface area contributed by atoms with Gasteiger partial charge in [-0.1, -0.05) is 6.07 Å². The van der Waals surface area contributed by atoms with Crippen molar-refractivity contribution in [1.29, 1.82) is 0 Å². The van der Waals surface area contributed by atoms with Crippen LogP contribution in [0.3, 0.4) is 0 Å². The van der Waals surface area contributed by atoms with Crippen molar-refractivity contribution >= 4 is 17.6 Å². The van der Waals surface area contributed by atoms with Gasteiger partial charge in [-0.05, 0) is 43.9 Å². The lowest BCUT2D eigenvalue weighted by molar-refractivity contribution is -0.119. The van der Waals surface area contributed by atoms with Crippen LogP contribution in [0.25, 0.3) is 0 Å². The molecule has 1 amide bonds. The molecule has 2 N–H and O–H groups in total. The second kappa shape index (κ2) is 6.52. The maximum absolute atomic E-state index is 11.9. The lowest BCUT2D eigenvalue weighted by Crippen LogP contribution is -2.33. The summed E-state index contributed by atoms with van der Waals surface area (Å²) in [4.78, 5) is 22.7. The first-order valence-corrected chi connectivity index (χ1v) is 6.83. The van der Waals surface area contributed by atoms with Gasteiger partial charge in [0, 0.05) is 18.7 Å². The van der Waals surface area contributed by atoms with Crippen molar-refractivity contribution in [2.24, 2.45) is 5.92 Å². The maximum atomic E-state index is 11.9. The maximum Gasteiger partial charge on any atom is 0.335 e. The topological polar surface area (TPSA) is 75.6 Å². The third-order valence-corrected chi connectivity index (χ3v) is 3.46. The van der Waals surface area contributed by atoms with Crippen LogP contribution in [0.1, 0.15) is 36.5 Å². The minimum absolute atomic E-state index is 0.0764. The van der Waals surface area contributed by atoms with Crippen molar-refractivity contribution < 1.29 is 19.4 Å². The Hall–Kier alpha value is -1.88. The van der Waals surface area contributed by atoms with Crippen LogP contribution in [-0.2, 0) is 9.53 Å². The van der Waals surface area contributed by atoms with Crippen LogP contribution >= 0.6 is 0 Å². The molecule has 0 heterocycles. The van der Waals surface area contributed by atoms with Crippen LogP contribution in [0, 0.1) is 5.92 Å². The van der Waals surface area contributed by atoms with E-state index in [1.165, 1.54) is 12.1 Å². The summed E-state index contributed by atoms with van der Waals surface area (Å²) in [7, 11) is 0. The normalized spacial score (nSPS) is 21.1. The summed E-state index contributed by atoms with van der Waals surface area (Å²) in [6.07, 6.45) is 2.61. The Balaban J connectivity index is 1.80. The van der Waals surface area contributed by atoms with E-state index < -0.39 is 5.97 Å². The third kappa shape index (κ3) is 3.81. The van der Waals surface area contributed by atoms with Crippen LogP contribution in [0.15, 0.2) is 24.3 Å². The average molecular weight is 277 g/mol. The van der Waals surface area contributed by atoms with Crippen LogP contribution in [-0.4, -0.2) is 29.7 Å². The van der Waals surface area contributed by atoms with Gasteiger partial charge in [-0.3, -0.25) is 4.79 Å². The van der Waals surface area contributed by atoms with E-state index in [2.05, 4.69) is 5.32 Å². The van der Waals surface area contributed by atoms with E-state index in [4.69, 9.17) is 9.84 Å². The lowest BCUT2D eigenvalue weighted by Gasteiger charge is -2.34. The fourth-order valence-corrected chi connectivity index (χ4v) is 2.42. The summed E-state index contributed by atoms with van der Waals surface area (Å²) in [5.41, 5.74) is 0.693. The van der Waals surface area contributed by atoms with Crippen molar-refractivity contribution in [1.82, 2.24) is 0 Å². The fraction of sp³-hybridized carbons (Fsp3) is 0.467. The minimum Gasteiger partial charge on any atom is -0.478 e. The van der Waals surface area contributed by atoms with Crippen molar-refractivity contribution in [3.8, 4) is 0 Å². The molecule has 1 saturated carbocycles. The number of carboxylic acids is 1. The SMILES string of the molecule is CCOC1CC(CC(=O)Nc2cccc(C(=O)O)c2)C1. The number of anilines is 1. The van der Waals surface area contributed by atoms with E-state index in [-0.39, 0.29) is 11.5 Å². The highest BCUT2D eigenvalue weighted by Crippen LogP contribution is 2.32. The predicted octanol–water partition coefficient (Wildman–Crippen LogP) is 2.53. The molecule has 0 bridgehead atoms. The predicted molar refractivity (Wildman–Crippen MR) is 74.8 cm³/mol. The number of nitrogens with one attached hydrogen (secondary N) is 1. The number of carbonyl (C=O) groups is 2. The average Bonchev–Trinajstić information content (AvgIpc) is 2.36. The molecular weight excluding hydrogens is 258 g/mol.